The highest BCUT2D eigenvalue weighted by atomic mass is 19.4. The van der Waals surface area contributed by atoms with Crippen LogP contribution >= 0.6 is 0 Å². The van der Waals surface area contributed by atoms with Gasteiger partial charge in [-0.1, -0.05) is 42.5 Å². The molecule has 5 nitrogen and oxygen atoms in total. The van der Waals surface area contributed by atoms with Gasteiger partial charge in [0.15, 0.2) is 11.3 Å². The molecule has 3 heterocycles. The Bertz CT molecular complexity index is 1680. The summed E-state index contributed by atoms with van der Waals surface area (Å²) >= 11 is 0. The van der Waals surface area contributed by atoms with Gasteiger partial charge in [0.05, 0.1) is 23.7 Å². The van der Waals surface area contributed by atoms with Gasteiger partial charge in [-0.15, -0.1) is 6.58 Å². The highest BCUT2D eigenvalue weighted by molar-refractivity contribution is 5.92. The number of hydrogen-bond donors (Lipinski definition) is 1. The van der Waals surface area contributed by atoms with E-state index in [1.54, 1.807) is 29.8 Å². The summed E-state index contributed by atoms with van der Waals surface area (Å²) in [5.41, 5.74) is -4.48. The molecule has 0 saturated carbocycles. The highest BCUT2D eigenvalue weighted by Gasteiger charge is 2.44. The Balaban J connectivity index is 1.93. The minimum absolute atomic E-state index is 0.0654. The molecule has 1 unspecified atom stereocenters. The molecular weight excluding hydrogens is 527 g/mol. The zero-order chi connectivity index (χ0) is 28.7. The van der Waals surface area contributed by atoms with Crippen molar-refractivity contribution in [1.82, 2.24) is 19.5 Å². The molecule has 0 radical (unpaired) electrons. The Morgan fingerprint density at radius 2 is 1.62 bits per heavy atom. The van der Waals surface area contributed by atoms with Gasteiger partial charge >= 0.3 is 6.18 Å². The molecule has 0 amide bonds. The van der Waals surface area contributed by atoms with Gasteiger partial charge in [0.25, 0.3) is 5.92 Å². The van der Waals surface area contributed by atoms with Gasteiger partial charge < -0.3 is 9.67 Å². The van der Waals surface area contributed by atoms with Gasteiger partial charge in [-0.3, -0.25) is 4.98 Å². The van der Waals surface area contributed by atoms with Crippen LogP contribution in [0.3, 0.4) is 0 Å². The van der Waals surface area contributed by atoms with E-state index >= 15 is 8.78 Å². The number of hydrogen-bond acceptors (Lipinski definition) is 4. The Morgan fingerprint density at radius 1 is 0.925 bits per heavy atom. The third kappa shape index (κ3) is 4.54. The fourth-order valence-corrected chi connectivity index (χ4v) is 5.00. The molecule has 0 fully saturated rings. The molecule has 2 aromatic carbocycles. The SMILES string of the molecule is C=CCC(F)(F)c1c(-c2ccccc2)c(C(F)(F)F)nc2ccc(C(O)(c3ccncc3)c3cncn3C)cc12. The van der Waals surface area contributed by atoms with Gasteiger partial charge in [0.2, 0.25) is 0 Å². The predicted molar refractivity (Wildman–Crippen MR) is 140 cm³/mol. The molecule has 0 aliphatic rings. The quantitative estimate of drug-likeness (QED) is 0.175. The fourth-order valence-electron chi connectivity index (χ4n) is 5.00. The zero-order valence-corrected chi connectivity index (χ0v) is 21.2. The number of aliphatic hydroxyl groups is 1. The van der Waals surface area contributed by atoms with Gasteiger partial charge in [0, 0.05) is 42.4 Å². The van der Waals surface area contributed by atoms with E-state index in [2.05, 4.69) is 21.5 Å². The monoisotopic (exact) mass is 550 g/mol. The number of alkyl halides is 5. The van der Waals surface area contributed by atoms with E-state index in [-0.39, 0.29) is 22.0 Å². The van der Waals surface area contributed by atoms with E-state index in [1.165, 1.54) is 67.4 Å². The van der Waals surface area contributed by atoms with Crippen molar-refractivity contribution in [2.45, 2.75) is 24.1 Å². The van der Waals surface area contributed by atoms with Crippen LogP contribution in [-0.4, -0.2) is 24.6 Å². The van der Waals surface area contributed by atoms with Crippen LogP contribution < -0.4 is 0 Å². The first-order valence-corrected chi connectivity index (χ1v) is 12.2. The molecule has 40 heavy (non-hydrogen) atoms. The third-order valence-corrected chi connectivity index (χ3v) is 6.79. The smallest absolute Gasteiger partial charge is 0.374 e. The van der Waals surface area contributed by atoms with Crippen molar-refractivity contribution in [3.05, 3.63) is 126 Å². The van der Waals surface area contributed by atoms with Crippen molar-refractivity contribution >= 4 is 10.9 Å². The number of pyridine rings is 2. The Labute approximate surface area is 226 Å². The average molecular weight is 551 g/mol. The molecule has 0 aliphatic heterocycles. The van der Waals surface area contributed by atoms with Crippen molar-refractivity contribution in [3.8, 4) is 11.1 Å². The molecule has 10 heteroatoms. The summed E-state index contributed by atoms with van der Waals surface area (Å²) in [5.74, 6) is -3.76. The van der Waals surface area contributed by atoms with Gasteiger partial charge in [-0.2, -0.15) is 13.2 Å². The van der Waals surface area contributed by atoms with E-state index in [0.717, 1.165) is 6.08 Å². The van der Waals surface area contributed by atoms with Crippen LogP contribution in [0.4, 0.5) is 22.0 Å². The maximum Gasteiger partial charge on any atom is 0.433 e. The molecule has 1 N–H and O–H groups in total. The first kappa shape index (κ1) is 27.1. The molecule has 0 aliphatic carbocycles. The normalized spacial score (nSPS) is 13.8. The van der Waals surface area contributed by atoms with E-state index in [1.807, 2.05) is 0 Å². The lowest BCUT2D eigenvalue weighted by Gasteiger charge is -2.31. The second-order valence-electron chi connectivity index (χ2n) is 9.34. The maximum absolute atomic E-state index is 15.9. The highest BCUT2D eigenvalue weighted by Crippen LogP contribution is 2.48. The van der Waals surface area contributed by atoms with Crippen molar-refractivity contribution in [2.24, 2.45) is 7.05 Å². The van der Waals surface area contributed by atoms with Crippen molar-refractivity contribution in [3.63, 3.8) is 0 Å². The predicted octanol–water partition coefficient (Wildman–Crippen LogP) is 7.00. The Kier molecular flexibility index (Phi) is 6.75. The Morgan fingerprint density at radius 3 is 2.23 bits per heavy atom. The number of halogens is 5. The minimum Gasteiger partial charge on any atom is -0.374 e. The minimum atomic E-state index is -5.02. The van der Waals surface area contributed by atoms with Crippen LogP contribution in [-0.2, 0) is 24.7 Å². The number of fused-ring (bicyclic) bond motifs is 1. The van der Waals surface area contributed by atoms with Gasteiger partial charge in [-0.05, 0) is 41.0 Å². The number of nitrogens with zero attached hydrogens (tertiary/aromatic N) is 4. The number of rotatable bonds is 7. The molecule has 204 valence electrons. The molecule has 0 bridgehead atoms. The van der Waals surface area contributed by atoms with E-state index in [9.17, 15) is 18.3 Å². The summed E-state index contributed by atoms with van der Waals surface area (Å²) in [7, 11) is 1.66. The summed E-state index contributed by atoms with van der Waals surface area (Å²) in [6, 6.07) is 14.2. The average Bonchev–Trinajstić information content (AvgIpc) is 3.38. The summed E-state index contributed by atoms with van der Waals surface area (Å²) in [6.45, 7) is 3.39. The van der Waals surface area contributed by atoms with Crippen LogP contribution in [0.1, 0.15) is 34.5 Å². The lowest BCUT2D eigenvalue weighted by atomic mass is 9.82. The summed E-state index contributed by atoms with van der Waals surface area (Å²) < 4.78 is 76.5. The number of benzene rings is 2. The lowest BCUT2D eigenvalue weighted by Crippen LogP contribution is -2.31. The fraction of sp³-hybridized carbons (Fsp3) is 0.167. The third-order valence-electron chi connectivity index (χ3n) is 6.79. The Hall–Kier alpha value is -4.44. The number of aromatic nitrogens is 4. The first-order chi connectivity index (χ1) is 19.0. The number of allylic oxidation sites excluding steroid dienone is 1. The van der Waals surface area contributed by atoms with E-state index in [0.29, 0.717) is 11.3 Å². The van der Waals surface area contributed by atoms with Crippen LogP contribution in [0.2, 0.25) is 0 Å². The van der Waals surface area contributed by atoms with Gasteiger partial charge in [0.1, 0.15) is 0 Å². The lowest BCUT2D eigenvalue weighted by molar-refractivity contribution is -0.140. The topological polar surface area (TPSA) is 63.8 Å². The molecule has 3 aromatic heterocycles. The second-order valence-corrected chi connectivity index (χ2v) is 9.34. The molecule has 5 aromatic rings. The van der Waals surface area contributed by atoms with Crippen molar-refractivity contribution < 1.29 is 27.1 Å². The van der Waals surface area contributed by atoms with E-state index in [4.69, 9.17) is 0 Å². The number of aryl methyl sites for hydroxylation is 1. The molecular formula is C30H23F5N4O. The molecule has 0 saturated heterocycles. The van der Waals surface area contributed by atoms with Crippen LogP contribution in [0.5, 0.6) is 0 Å². The van der Waals surface area contributed by atoms with Crippen LogP contribution in [0.25, 0.3) is 22.0 Å². The van der Waals surface area contributed by atoms with Crippen molar-refractivity contribution in [1.29, 1.82) is 0 Å². The summed E-state index contributed by atoms with van der Waals surface area (Å²) in [6.07, 6.45) is 0.849. The molecule has 0 spiro atoms. The maximum atomic E-state index is 15.9. The molecule has 5 rings (SSSR count). The largest absolute Gasteiger partial charge is 0.433 e. The first-order valence-electron chi connectivity index (χ1n) is 12.2. The van der Waals surface area contributed by atoms with Gasteiger partial charge in [-0.25, -0.2) is 18.7 Å². The van der Waals surface area contributed by atoms with Crippen LogP contribution in [0, 0.1) is 0 Å². The molecule has 1 atom stereocenters. The van der Waals surface area contributed by atoms with E-state index < -0.39 is 40.9 Å². The van der Waals surface area contributed by atoms with Crippen LogP contribution in [0.15, 0.2) is 98.2 Å². The zero-order valence-electron chi connectivity index (χ0n) is 21.2. The van der Waals surface area contributed by atoms with Crippen molar-refractivity contribution in [2.75, 3.05) is 0 Å². The number of imidazole rings is 1. The summed E-state index contributed by atoms with van der Waals surface area (Å²) in [5, 5.41) is 12.0. The standard InChI is InChI=1S/C30H23F5N4O/c1-3-13-28(31,32)26-22-16-21(29(40,20-11-14-36-15-12-20)24-17-37-18-39(24)2)9-10-23(22)38-27(30(33,34)35)25(26)19-7-5-4-6-8-19/h3-12,14-18,40H,1,13H2,2H3. The second kappa shape index (κ2) is 9.95. The summed E-state index contributed by atoms with van der Waals surface area (Å²) in [4.78, 5) is 11.9.